The van der Waals surface area contributed by atoms with Gasteiger partial charge in [-0.25, -0.2) is 0 Å². The summed E-state index contributed by atoms with van der Waals surface area (Å²) >= 11 is 0. The van der Waals surface area contributed by atoms with Gasteiger partial charge in [0.15, 0.2) is 0 Å². The highest BCUT2D eigenvalue weighted by Gasteiger charge is 2.24. The Hall–Kier alpha value is -2.18. The number of aliphatic hydroxyl groups excluding tert-OH is 2. The van der Waals surface area contributed by atoms with Crippen LogP contribution in [-0.2, 0) is 14.3 Å². The summed E-state index contributed by atoms with van der Waals surface area (Å²) < 4.78 is 5.94. The van der Waals surface area contributed by atoms with Gasteiger partial charge in [0, 0.05) is 6.42 Å². The molecule has 0 radical (unpaired) electrons. The van der Waals surface area contributed by atoms with Crippen molar-refractivity contribution in [2.45, 2.75) is 315 Å². The molecule has 6 nitrogen and oxygen atoms in total. The molecule has 1 amide bonds. The molecule has 0 bridgehead atoms. The number of carbonyl (C=O) groups is 2. The lowest BCUT2D eigenvalue weighted by Gasteiger charge is -2.24. The highest BCUT2D eigenvalue weighted by molar-refractivity contribution is 5.77. The van der Waals surface area contributed by atoms with E-state index in [4.69, 9.17) is 4.74 Å². The van der Waals surface area contributed by atoms with Crippen LogP contribution in [0.1, 0.15) is 297 Å². The van der Waals surface area contributed by atoms with E-state index in [0.717, 1.165) is 70.6 Å². The van der Waals surface area contributed by atoms with Crippen LogP contribution in [0.15, 0.2) is 48.6 Å². The van der Waals surface area contributed by atoms with Gasteiger partial charge in [-0.2, -0.15) is 0 Å². The number of carbonyl (C=O) groups excluding carboxylic acids is 2. The Morgan fingerprint density at radius 3 is 1.23 bits per heavy atom. The van der Waals surface area contributed by atoms with E-state index in [1.165, 1.54) is 180 Å². The number of esters is 1. The summed E-state index contributed by atoms with van der Waals surface area (Å²) in [5, 5.41) is 23.9. The van der Waals surface area contributed by atoms with Crippen LogP contribution in [0.25, 0.3) is 0 Å². The summed E-state index contributed by atoms with van der Waals surface area (Å²) in [7, 11) is 0. The molecule has 0 aliphatic carbocycles. The zero-order valence-corrected chi connectivity index (χ0v) is 44.1. The minimum atomic E-state index is -0.799. The molecule has 3 atom stereocenters. The predicted octanol–water partition coefficient (Wildman–Crippen LogP) is 17.8. The van der Waals surface area contributed by atoms with Gasteiger partial charge >= 0.3 is 5.97 Å². The summed E-state index contributed by atoms with van der Waals surface area (Å²) in [6.07, 6.45) is 66.0. The Morgan fingerprint density at radius 1 is 0.439 bits per heavy atom. The number of hydrogen-bond donors (Lipinski definition) is 3. The van der Waals surface area contributed by atoms with Crippen molar-refractivity contribution in [1.82, 2.24) is 5.32 Å². The molecule has 3 unspecified atom stereocenters. The van der Waals surface area contributed by atoms with Gasteiger partial charge in [0.25, 0.3) is 0 Å². The number of unbranched alkanes of at least 4 members (excludes halogenated alkanes) is 32. The van der Waals surface area contributed by atoms with E-state index < -0.39 is 18.2 Å². The third-order valence-corrected chi connectivity index (χ3v) is 13.1. The highest BCUT2D eigenvalue weighted by Crippen LogP contribution is 2.18. The second kappa shape index (κ2) is 53.8. The van der Waals surface area contributed by atoms with E-state index in [9.17, 15) is 19.8 Å². The van der Waals surface area contributed by atoms with E-state index in [2.05, 4.69) is 74.7 Å². The van der Waals surface area contributed by atoms with Crippen LogP contribution in [0.4, 0.5) is 0 Å². The van der Waals surface area contributed by atoms with Crippen LogP contribution in [0.5, 0.6) is 0 Å². The van der Waals surface area contributed by atoms with Crippen molar-refractivity contribution in [1.29, 1.82) is 0 Å². The first-order chi connectivity index (χ1) is 32.5. The summed E-state index contributed by atoms with van der Waals surface area (Å²) in [6, 6.07) is -0.715. The smallest absolute Gasteiger partial charge is 0.306 e. The molecule has 0 saturated heterocycles. The van der Waals surface area contributed by atoms with E-state index in [0.29, 0.717) is 19.3 Å². The fraction of sp³-hybridized carbons (Fsp3) is 0.833. The SMILES string of the molecule is CCCCC/C=C\C/C=C\C/C=C\CCCCC(CC(=O)NC(CO)C(O)CCCCCCCCCCCCCCCCC)OC(=O)CCCCCCCCC/C=C/CCCCCCCC. The molecule has 0 heterocycles. The fourth-order valence-electron chi connectivity index (χ4n) is 8.73. The minimum Gasteiger partial charge on any atom is -0.462 e. The molecule has 0 aromatic rings. The number of rotatable bonds is 52. The van der Waals surface area contributed by atoms with Crippen molar-refractivity contribution < 1.29 is 24.5 Å². The number of aliphatic hydroxyl groups is 2. The first kappa shape index (κ1) is 63.8. The lowest BCUT2D eigenvalue weighted by Crippen LogP contribution is -2.46. The van der Waals surface area contributed by atoms with Crippen molar-refractivity contribution in [3.05, 3.63) is 48.6 Å². The normalized spacial score (nSPS) is 13.5. The molecule has 66 heavy (non-hydrogen) atoms. The summed E-state index contributed by atoms with van der Waals surface area (Å²) in [5.74, 6) is -0.506. The molecule has 6 heteroatoms. The molecule has 0 spiro atoms. The molecule has 0 aliphatic heterocycles. The van der Waals surface area contributed by atoms with Gasteiger partial charge < -0.3 is 20.3 Å². The van der Waals surface area contributed by atoms with Crippen LogP contribution in [0, 0.1) is 0 Å². The molecular formula is C60H111NO5. The van der Waals surface area contributed by atoms with Crippen LogP contribution >= 0.6 is 0 Å². The second-order valence-electron chi connectivity index (χ2n) is 19.7. The van der Waals surface area contributed by atoms with Gasteiger partial charge in [-0.3, -0.25) is 9.59 Å². The molecule has 0 aromatic carbocycles. The standard InChI is InChI=1S/C60H111NO5/c1-4-7-10-13-16-19-22-25-28-29-32-35-38-41-44-47-50-53-60(65)66-56(51-48-45-42-39-36-33-30-26-23-20-17-14-11-8-5-2)54-59(64)61-57(55-62)58(63)52-49-46-43-40-37-34-31-27-24-21-18-15-12-9-6-3/h17,20,25-26,28,30,36,39,56-58,62-63H,4-16,18-19,21-24,27,29,31-35,37-38,40-55H2,1-3H3,(H,61,64)/b20-17-,28-25+,30-26-,39-36-. The number of allylic oxidation sites excluding steroid dienone is 8. The second-order valence-corrected chi connectivity index (χ2v) is 19.7. The van der Waals surface area contributed by atoms with Crippen LogP contribution in [0.3, 0.4) is 0 Å². The zero-order valence-electron chi connectivity index (χ0n) is 44.1. The van der Waals surface area contributed by atoms with Crippen molar-refractivity contribution in [2.75, 3.05) is 6.61 Å². The van der Waals surface area contributed by atoms with E-state index in [1.54, 1.807) is 0 Å². The number of nitrogens with one attached hydrogen (secondary N) is 1. The first-order valence-electron chi connectivity index (χ1n) is 28.9. The van der Waals surface area contributed by atoms with Gasteiger partial charge in [-0.15, -0.1) is 0 Å². The van der Waals surface area contributed by atoms with E-state index in [-0.39, 0.29) is 24.9 Å². The Morgan fingerprint density at radius 2 is 0.773 bits per heavy atom. The monoisotopic (exact) mass is 926 g/mol. The van der Waals surface area contributed by atoms with E-state index in [1.807, 2.05) is 0 Å². The van der Waals surface area contributed by atoms with Crippen molar-refractivity contribution in [3.8, 4) is 0 Å². The average molecular weight is 927 g/mol. The lowest BCUT2D eigenvalue weighted by molar-refractivity contribution is -0.151. The molecule has 0 aliphatic rings. The highest BCUT2D eigenvalue weighted by atomic mass is 16.5. The van der Waals surface area contributed by atoms with Gasteiger partial charge in [0.1, 0.15) is 6.10 Å². The van der Waals surface area contributed by atoms with Gasteiger partial charge in [-0.1, -0.05) is 243 Å². The maximum Gasteiger partial charge on any atom is 0.306 e. The Bertz CT molecular complexity index is 1130. The molecule has 0 saturated carbocycles. The van der Waals surface area contributed by atoms with Crippen molar-refractivity contribution in [3.63, 3.8) is 0 Å². The Kier molecular flexibility index (Phi) is 52.0. The zero-order chi connectivity index (χ0) is 48.1. The van der Waals surface area contributed by atoms with Crippen molar-refractivity contribution in [2.24, 2.45) is 0 Å². The summed E-state index contributed by atoms with van der Waals surface area (Å²) in [6.45, 7) is 6.47. The largest absolute Gasteiger partial charge is 0.462 e. The van der Waals surface area contributed by atoms with Crippen LogP contribution < -0.4 is 5.32 Å². The van der Waals surface area contributed by atoms with Crippen LogP contribution in [0.2, 0.25) is 0 Å². The van der Waals surface area contributed by atoms with Gasteiger partial charge in [0.2, 0.25) is 5.91 Å². The quantitative estimate of drug-likeness (QED) is 0.0321. The topological polar surface area (TPSA) is 95.9 Å². The lowest BCUT2D eigenvalue weighted by atomic mass is 10.0. The van der Waals surface area contributed by atoms with Gasteiger partial charge in [0.05, 0.1) is 25.2 Å². The molecule has 386 valence electrons. The Labute approximate surface area is 410 Å². The third-order valence-electron chi connectivity index (χ3n) is 13.1. The number of ether oxygens (including phenoxy) is 1. The van der Waals surface area contributed by atoms with Crippen LogP contribution in [-0.4, -0.2) is 46.9 Å². The average Bonchev–Trinajstić information content (AvgIpc) is 3.31. The maximum atomic E-state index is 13.3. The van der Waals surface area contributed by atoms with Gasteiger partial charge in [-0.05, 0) is 89.9 Å². The van der Waals surface area contributed by atoms with E-state index >= 15 is 0 Å². The first-order valence-corrected chi connectivity index (χ1v) is 28.9. The molecule has 3 N–H and O–H groups in total. The maximum absolute atomic E-state index is 13.3. The fourth-order valence-corrected chi connectivity index (χ4v) is 8.73. The predicted molar refractivity (Wildman–Crippen MR) is 287 cm³/mol. The number of amides is 1. The third kappa shape index (κ3) is 48.3. The van der Waals surface area contributed by atoms with Crippen molar-refractivity contribution >= 4 is 11.9 Å². The minimum absolute atomic E-state index is 0.0514. The molecular weight excluding hydrogens is 815 g/mol. The molecule has 0 fully saturated rings. The Balaban J connectivity index is 4.60. The molecule has 0 rings (SSSR count). The summed E-state index contributed by atoms with van der Waals surface area (Å²) in [4.78, 5) is 26.3. The molecule has 0 aromatic heterocycles. The summed E-state index contributed by atoms with van der Waals surface area (Å²) in [5.41, 5.74) is 0. The number of hydrogen-bond acceptors (Lipinski definition) is 5.